The van der Waals surface area contributed by atoms with E-state index in [-0.39, 0.29) is 17.7 Å². The maximum Gasteiger partial charge on any atom is 0.415 e. The first kappa shape index (κ1) is 29.6. The Hall–Kier alpha value is -4.84. The molecule has 0 saturated carbocycles. The van der Waals surface area contributed by atoms with Crippen molar-refractivity contribution in [2.45, 2.75) is 12.8 Å². The topological polar surface area (TPSA) is 123 Å². The molecular formula is C35H31ClN6O4S. The second kappa shape index (κ2) is 11.8. The summed E-state index contributed by atoms with van der Waals surface area (Å²) in [4.78, 5) is 50.2. The molecule has 2 aliphatic rings. The fraction of sp³-hybridized carbons (Fsp3) is 0.229. The van der Waals surface area contributed by atoms with E-state index in [1.54, 1.807) is 21.9 Å². The van der Waals surface area contributed by atoms with E-state index in [9.17, 15) is 14.4 Å². The van der Waals surface area contributed by atoms with Crippen LogP contribution in [0.3, 0.4) is 0 Å². The molecule has 3 aromatic carbocycles. The predicted octanol–water partition coefficient (Wildman–Crippen LogP) is 6.81. The highest BCUT2D eigenvalue weighted by molar-refractivity contribution is 7.17. The number of halogens is 1. The van der Waals surface area contributed by atoms with Crippen molar-refractivity contribution < 1.29 is 19.1 Å². The summed E-state index contributed by atoms with van der Waals surface area (Å²) in [7, 11) is 0. The molecule has 5 heterocycles. The highest BCUT2D eigenvalue weighted by Gasteiger charge is 2.37. The number of rotatable bonds is 5. The Balaban J connectivity index is 1.09. The SMILES string of the molecule is Cc1csc2c(OC(=O)N3CCNCC3)cc3c(c12)[C@H](CCl)CN3C(=O)c1cc2cc(NC(=O)c3cc4ccccc4[nH]3)ccc2[nH]1. The Kier molecular flexibility index (Phi) is 7.39. The van der Waals surface area contributed by atoms with Crippen molar-refractivity contribution >= 4 is 84.1 Å². The zero-order valence-corrected chi connectivity index (χ0v) is 27.1. The number of H-pyrrole nitrogens is 2. The molecule has 3 amide bonds. The van der Waals surface area contributed by atoms with Gasteiger partial charge in [-0.1, -0.05) is 18.2 Å². The van der Waals surface area contributed by atoms with Crippen LogP contribution in [0.4, 0.5) is 16.2 Å². The van der Waals surface area contributed by atoms with Crippen LogP contribution in [0.2, 0.25) is 0 Å². The number of nitrogens with zero attached hydrogens (tertiary/aromatic N) is 2. The second-order valence-corrected chi connectivity index (χ2v) is 13.2. The lowest BCUT2D eigenvalue weighted by atomic mass is 9.97. The molecule has 47 heavy (non-hydrogen) atoms. The Morgan fingerprint density at radius 3 is 2.55 bits per heavy atom. The molecular weight excluding hydrogens is 636 g/mol. The number of hydrogen-bond acceptors (Lipinski definition) is 6. The molecule has 1 fully saturated rings. The van der Waals surface area contributed by atoms with Crippen LogP contribution >= 0.6 is 22.9 Å². The average Bonchev–Trinajstić information content (AvgIpc) is 3.88. The maximum absolute atomic E-state index is 14.2. The predicted molar refractivity (Wildman–Crippen MR) is 187 cm³/mol. The zero-order chi connectivity index (χ0) is 32.2. The highest BCUT2D eigenvalue weighted by atomic mass is 35.5. The molecule has 0 aliphatic carbocycles. The minimum Gasteiger partial charge on any atom is -0.409 e. The Bertz CT molecular complexity index is 2180. The van der Waals surface area contributed by atoms with E-state index in [0.29, 0.717) is 54.0 Å². The number of aryl methyl sites for hydroxylation is 1. The average molecular weight is 667 g/mol. The number of piperazine rings is 1. The normalized spacial score (nSPS) is 16.3. The lowest BCUT2D eigenvalue weighted by Crippen LogP contribution is -2.47. The molecule has 6 aromatic rings. The Morgan fingerprint density at radius 2 is 1.74 bits per heavy atom. The summed E-state index contributed by atoms with van der Waals surface area (Å²) in [6, 6.07) is 18.6. The number of amides is 3. The van der Waals surface area contributed by atoms with Crippen molar-refractivity contribution in [3.8, 4) is 5.75 Å². The van der Waals surface area contributed by atoms with Gasteiger partial charge in [-0.3, -0.25) is 9.59 Å². The minimum absolute atomic E-state index is 0.0832. The molecule has 1 saturated heterocycles. The van der Waals surface area contributed by atoms with Crippen molar-refractivity contribution in [2.75, 3.05) is 48.8 Å². The largest absolute Gasteiger partial charge is 0.415 e. The summed E-state index contributed by atoms with van der Waals surface area (Å²) in [6.07, 6.45) is -0.397. The highest BCUT2D eigenvalue weighted by Crippen LogP contribution is 2.49. The van der Waals surface area contributed by atoms with Gasteiger partial charge in [0, 0.05) is 83.5 Å². The van der Waals surface area contributed by atoms with Gasteiger partial charge in [0.2, 0.25) is 0 Å². The van der Waals surface area contributed by atoms with Gasteiger partial charge in [0.15, 0.2) is 5.75 Å². The fourth-order valence-corrected chi connectivity index (χ4v) is 7.94. The molecule has 12 heteroatoms. The Labute approximate surface area is 278 Å². The molecule has 0 radical (unpaired) electrons. The van der Waals surface area contributed by atoms with Gasteiger partial charge in [0.05, 0.1) is 10.4 Å². The molecule has 4 N–H and O–H groups in total. The third-order valence-corrected chi connectivity index (χ3v) is 10.5. The van der Waals surface area contributed by atoms with Gasteiger partial charge in [0.1, 0.15) is 11.4 Å². The number of para-hydroxylation sites is 1. The first-order chi connectivity index (χ1) is 22.9. The number of benzene rings is 3. The van der Waals surface area contributed by atoms with E-state index < -0.39 is 6.09 Å². The number of ether oxygens (including phenoxy) is 1. The standard InChI is InChI=1S/C35H31ClN6O4S/c1-19-18-47-32-29(46-35(45)41-10-8-37-9-11-41)15-28-31(30(19)32)22(16-36)17-42(28)34(44)27-14-21-12-23(6-7-25(21)40-27)38-33(43)26-13-20-4-2-3-5-24(20)39-26/h2-7,12-15,18,22,37,39-40H,8-11,16-17H2,1H3,(H,38,43)/t22-/m1/s1. The summed E-state index contributed by atoms with van der Waals surface area (Å²) >= 11 is 8.04. The van der Waals surface area contributed by atoms with Crippen LogP contribution in [-0.4, -0.2) is 71.4 Å². The van der Waals surface area contributed by atoms with Crippen molar-refractivity contribution in [2.24, 2.45) is 0 Å². The molecule has 2 aliphatic heterocycles. The fourth-order valence-electron chi connectivity index (χ4n) is 6.67. The first-order valence-electron chi connectivity index (χ1n) is 15.5. The van der Waals surface area contributed by atoms with Crippen LogP contribution in [0.15, 0.2) is 66.0 Å². The molecule has 238 valence electrons. The van der Waals surface area contributed by atoms with E-state index in [0.717, 1.165) is 56.1 Å². The van der Waals surface area contributed by atoms with E-state index in [4.69, 9.17) is 16.3 Å². The number of hydrogen-bond donors (Lipinski definition) is 4. The van der Waals surface area contributed by atoms with E-state index in [1.807, 2.05) is 55.5 Å². The number of alkyl halides is 1. The van der Waals surface area contributed by atoms with Crippen molar-refractivity contribution in [1.82, 2.24) is 20.2 Å². The monoisotopic (exact) mass is 666 g/mol. The minimum atomic E-state index is -0.397. The van der Waals surface area contributed by atoms with Crippen LogP contribution in [-0.2, 0) is 0 Å². The number of carbonyl (C=O) groups is 3. The smallest absolute Gasteiger partial charge is 0.409 e. The van der Waals surface area contributed by atoms with Crippen LogP contribution in [0, 0.1) is 6.92 Å². The lowest BCUT2D eigenvalue weighted by molar-refractivity contribution is 0.0982. The van der Waals surface area contributed by atoms with Crippen molar-refractivity contribution in [3.05, 3.63) is 88.6 Å². The van der Waals surface area contributed by atoms with Crippen LogP contribution in [0.5, 0.6) is 5.75 Å². The quantitative estimate of drug-likeness (QED) is 0.151. The molecule has 10 nitrogen and oxygen atoms in total. The van der Waals surface area contributed by atoms with Gasteiger partial charge in [-0.2, -0.15) is 0 Å². The molecule has 0 unspecified atom stereocenters. The Morgan fingerprint density at radius 1 is 0.979 bits per heavy atom. The first-order valence-corrected chi connectivity index (χ1v) is 16.9. The molecule has 0 spiro atoms. The van der Waals surface area contributed by atoms with Gasteiger partial charge in [-0.15, -0.1) is 22.9 Å². The van der Waals surface area contributed by atoms with Crippen molar-refractivity contribution in [1.29, 1.82) is 0 Å². The number of thiophene rings is 1. The van der Waals surface area contributed by atoms with Crippen molar-refractivity contribution in [3.63, 3.8) is 0 Å². The molecule has 8 rings (SSSR count). The second-order valence-electron chi connectivity index (χ2n) is 12.0. The van der Waals surface area contributed by atoms with Crippen LogP contribution < -0.4 is 20.3 Å². The van der Waals surface area contributed by atoms with Gasteiger partial charge < -0.3 is 35.1 Å². The summed E-state index contributed by atoms with van der Waals surface area (Å²) in [5.41, 5.74) is 5.89. The van der Waals surface area contributed by atoms with E-state index >= 15 is 0 Å². The summed E-state index contributed by atoms with van der Waals surface area (Å²) < 4.78 is 6.88. The third-order valence-electron chi connectivity index (χ3n) is 9.00. The summed E-state index contributed by atoms with van der Waals surface area (Å²) in [5, 5.41) is 11.0. The summed E-state index contributed by atoms with van der Waals surface area (Å²) in [5.74, 6) is 0.232. The molecule has 1 atom stereocenters. The number of aromatic amines is 2. The van der Waals surface area contributed by atoms with E-state index in [1.165, 1.54) is 11.3 Å². The number of fused-ring (bicyclic) bond motifs is 5. The zero-order valence-electron chi connectivity index (χ0n) is 25.5. The number of aromatic nitrogens is 2. The van der Waals surface area contributed by atoms with Gasteiger partial charge in [-0.05, 0) is 59.8 Å². The third kappa shape index (κ3) is 5.20. The van der Waals surface area contributed by atoms with Gasteiger partial charge >= 0.3 is 6.09 Å². The van der Waals surface area contributed by atoms with Gasteiger partial charge in [0.25, 0.3) is 11.8 Å². The van der Waals surface area contributed by atoms with E-state index in [2.05, 4.69) is 26.0 Å². The molecule has 0 bridgehead atoms. The van der Waals surface area contributed by atoms with Crippen LogP contribution in [0.1, 0.15) is 38.0 Å². The van der Waals surface area contributed by atoms with Gasteiger partial charge in [-0.25, -0.2) is 4.79 Å². The molecule has 3 aromatic heterocycles. The maximum atomic E-state index is 14.2. The summed E-state index contributed by atoms with van der Waals surface area (Å²) in [6.45, 7) is 5.01. The number of anilines is 2. The van der Waals surface area contributed by atoms with Crippen LogP contribution in [0.25, 0.3) is 31.9 Å². The lowest BCUT2D eigenvalue weighted by Gasteiger charge is -2.26. The number of nitrogens with one attached hydrogen (secondary N) is 4. The number of carbonyl (C=O) groups excluding carboxylic acids is 3.